The minimum Gasteiger partial charge on any atom is -0.305 e. The molecule has 1 aromatic carbocycles. The molecule has 0 saturated carbocycles. The van der Waals surface area contributed by atoms with Gasteiger partial charge in [0.25, 0.3) is 0 Å². The third kappa shape index (κ3) is 3.36. The molecule has 0 radical (unpaired) electrons. The van der Waals surface area contributed by atoms with E-state index in [1.807, 2.05) is 6.92 Å². The lowest BCUT2D eigenvalue weighted by atomic mass is 10.0. The van der Waals surface area contributed by atoms with Crippen LogP contribution in [0.1, 0.15) is 29.8 Å². The lowest BCUT2D eigenvalue weighted by Crippen LogP contribution is -2.20. The van der Waals surface area contributed by atoms with E-state index in [4.69, 9.17) is 0 Å². The zero-order chi connectivity index (χ0) is 14.8. The molecule has 7 heteroatoms. The highest BCUT2D eigenvalue weighted by Gasteiger charge is 2.30. The number of benzene rings is 1. The summed E-state index contributed by atoms with van der Waals surface area (Å²) in [5.41, 5.74) is 0.824. The van der Waals surface area contributed by atoms with Crippen molar-refractivity contribution in [2.24, 2.45) is 7.05 Å². The van der Waals surface area contributed by atoms with Gasteiger partial charge in [0.1, 0.15) is 0 Å². The van der Waals surface area contributed by atoms with Crippen molar-refractivity contribution in [2.45, 2.75) is 25.7 Å². The first kappa shape index (κ1) is 14.5. The molecule has 0 aliphatic rings. The standard InChI is InChI=1S/C13H15F3N4/c1-9(17-7-12-8-18-19-20(12)2)10-4-3-5-11(6-10)13(14,15)16/h3-6,8-9,17H,7H2,1-2H3/t9-/m0/s1. The summed E-state index contributed by atoms with van der Waals surface area (Å²) in [6.45, 7) is 2.31. The van der Waals surface area contributed by atoms with E-state index in [2.05, 4.69) is 15.6 Å². The minimum absolute atomic E-state index is 0.202. The highest BCUT2D eigenvalue weighted by molar-refractivity contribution is 5.27. The zero-order valence-electron chi connectivity index (χ0n) is 11.1. The Morgan fingerprint density at radius 3 is 2.70 bits per heavy atom. The van der Waals surface area contributed by atoms with E-state index in [9.17, 15) is 13.2 Å². The maximum atomic E-state index is 12.7. The van der Waals surface area contributed by atoms with Crippen LogP contribution in [0.25, 0.3) is 0 Å². The summed E-state index contributed by atoms with van der Waals surface area (Å²) in [4.78, 5) is 0. The van der Waals surface area contributed by atoms with E-state index in [0.29, 0.717) is 12.1 Å². The number of halogens is 3. The fraction of sp³-hybridized carbons (Fsp3) is 0.385. The molecule has 1 heterocycles. The number of nitrogens with one attached hydrogen (secondary N) is 1. The van der Waals surface area contributed by atoms with Crippen LogP contribution in [0.5, 0.6) is 0 Å². The number of aryl methyl sites for hydroxylation is 1. The first-order valence-corrected chi connectivity index (χ1v) is 6.12. The second-order valence-corrected chi connectivity index (χ2v) is 4.57. The van der Waals surface area contributed by atoms with Crippen LogP contribution in [-0.4, -0.2) is 15.0 Å². The third-order valence-corrected chi connectivity index (χ3v) is 3.11. The predicted molar refractivity (Wildman–Crippen MR) is 67.7 cm³/mol. The summed E-state index contributed by atoms with van der Waals surface area (Å²) in [6, 6.07) is 5.13. The second-order valence-electron chi connectivity index (χ2n) is 4.57. The quantitative estimate of drug-likeness (QED) is 0.938. The van der Waals surface area contributed by atoms with Crippen molar-refractivity contribution in [3.05, 3.63) is 47.3 Å². The van der Waals surface area contributed by atoms with Gasteiger partial charge in [-0.15, -0.1) is 5.10 Å². The van der Waals surface area contributed by atoms with Gasteiger partial charge in [0.15, 0.2) is 0 Å². The Labute approximate surface area is 114 Å². The number of hydrogen-bond donors (Lipinski definition) is 1. The van der Waals surface area contributed by atoms with Crippen molar-refractivity contribution in [3.8, 4) is 0 Å². The Morgan fingerprint density at radius 2 is 2.10 bits per heavy atom. The minimum atomic E-state index is -4.32. The molecule has 0 unspecified atom stereocenters. The molecule has 0 fully saturated rings. The number of alkyl halides is 3. The zero-order valence-corrected chi connectivity index (χ0v) is 11.1. The highest BCUT2D eigenvalue weighted by atomic mass is 19.4. The molecule has 4 nitrogen and oxygen atoms in total. The van der Waals surface area contributed by atoms with Gasteiger partial charge in [-0.25, -0.2) is 0 Å². The van der Waals surface area contributed by atoms with Crippen molar-refractivity contribution in [1.82, 2.24) is 20.3 Å². The Bertz CT molecular complexity index is 577. The molecule has 0 aliphatic carbocycles. The summed E-state index contributed by atoms with van der Waals surface area (Å²) in [5.74, 6) is 0. The van der Waals surface area contributed by atoms with Crippen LogP contribution in [-0.2, 0) is 19.8 Å². The van der Waals surface area contributed by atoms with Crippen molar-refractivity contribution >= 4 is 0 Å². The number of rotatable bonds is 4. The van der Waals surface area contributed by atoms with Crippen LogP contribution in [0.15, 0.2) is 30.5 Å². The topological polar surface area (TPSA) is 42.7 Å². The first-order valence-electron chi connectivity index (χ1n) is 6.12. The number of hydrogen-bond acceptors (Lipinski definition) is 3. The molecular formula is C13H15F3N4. The van der Waals surface area contributed by atoms with Gasteiger partial charge in [-0.2, -0.15) is 13.2 Å². The molecule has 0 bridgehead atoms. The Hall–Kier alpha value is -1.89. The van der Waals surface area contributed by atoms with Gasteiger partial charge >= 0.3 is 6.18 Å². The maximum absolute atomic E-state index is 12.7. The van der Waals surface area contributed by atoms with Gasteiger partial charge in [-0.05, 0) is 24.6 Å². The molecule has 0 amide bonds. The van der Waals surface area contributed by atoms with E-state index in [0.717, 1.165) is 11.8 Å². The molecule has 0 spiro atoms. The van der Waals surface area contributed by atoms with Gasteiger partial charge in [0.05, 0.1) is 17.5 Å². The van der Waals surface area contributed by atoms with Gasteiger partial charge in [-0.1, -0.05) is 17.3 Å². The second kappa shape index (κ2) is 5.62. The average molecular weight is 284 g/mol. The van der Waals surface area contributed by atoms with E-state index >= 15 is 0 Å². The molecule has 2 aromatic rings. The van der Waals surface area contributed by atoms with Crippen molar-refractivity contribution < 1.29 is 13.2 Å². The lowest BCUT2D eigenvalue weighted by Gasteiger charge is -2.16. The van der Waals surface area contributed by atoms with Crippen LogP contribution in [0.3, 0.4) is 0 Å². The molecule has 1 N–H and O–H groups in total. The monoisotopic (exact) mass is 284 g/mol. The van der Waals surface area contributed by atoms with Crippen molar-refractivity contribution in [2.75, 3.05) is 0 Å². The molecule has 0 aliphatic heterocycles. The van der Waals surface area contributed by atoms with Gasteiger partial charge in [-0.3, -0.25) is 4.68 Å². The summed E-state index contributed by atoms with van der Waals surface area (Å²) < 4.78 is 39.6. The van der Waals surface area contributed by atoms with E-state index in [1.165, 1.54) is 12.1 Å². The van der Waals surface area contributed by atoms with Gasteiger partial charge < -0.3 is 5.32 Å². The van der Waals surface area contributed by atoms with E-state index < -0.39 is 11.7 Å². The summed E-state index contributed by atoms with van der Waals surface area (Å²) in [7, 11) is 1.76. The van der Waals surface area contributed by atoms with E-state index in [1.54, 1.807) is 24.0 Å². The van der Waals surface area contributed by atoms with Crippen LogP contribution >= 0.6 is 0 Å². The fourth-order valence-corrected chi connectivity index (χ4v) is 1.83. The van der Waals surface area contributed by atoms with E-state index in [-0.39, 0.29) is 6.04 Å². The molecule has 20 heavy (non-hydrogen) atoms. The fourth-order valence-electron chi connectivity index (χ4n) is 1.83. The predicted octanol–water partition coefficient (Wildman–Crippen LogP) is 2.68. The molecule has 1 aromatic heterocycles. The van der Waals surface area contributed by atoms with Crippen molar-refractivity contribution in [1.29, 1.82) is 0 Å². The average Bonchev–Trinajstić information content (AvgIpc) is 2.81. The Balaban J connectivity index is 2.06. The first-order chi connectivity index (χ1) is 9.38. The molecular weight excluding hydrogens is 269 g/mol. The SMILES string of the molecule is C[C@H](NCc1cnnn1C)c1cccc(C(F)(F)F)c1. The van der Waals surface area contributed by atoms with Crippen LogP contribution in [0, 0.1) is 0 Å². The van der Waals surface area contributed by atoms with Crippen molar-refractivity contribution in [3.63, 3.8) is 0 Å². The summed E-state index contributed by atoms with van der Waals surface area (Å²) in [6.07, 6.45) is -2.70. The van der Waals surface area contributed by atoms with Gasteiger partial charge in [0.2, 0.25) is 0 Å². The third-order valence-electron chi connectivity index (χ3n) is 3.11. The summed E-state index contributed by atoms with van der Waals surface area (Å²) in [5, 5.41) is 10.7. The maximum Gasteiger partial charge on any atom is 0.416 e. The smallest absolute Gasteiger partial charge is 0.305 e. The lowest BCUT2D eigenvalue weighted by molar-refractivity contribution is -0.137. The molecule has 2 rings (SSSR count). The summed E-state index contributed by atoms with van der Waals surface area (Å²) >= 11 is 0. The molecule has 108 valence electrons. The van der Waals surface area contributed by atoms with Crippen LogP contribution < -0.4 is 5.32 Å². The Kier molecular flexibility index (Phi) is 4.08. The number of aromatic nitrogens is 3. The normalized spacial score (nSPS) is 13.4. The number of nitrogens with zero attached hydrogens (tertiary/aromatic N) is 3. The molecule has 1 atom stereocenters. The van der Waals surface area contributed by atoms with Crippen LogP contribution in [0.2, 0.25) is 0 Å². The highest BCUT2D eigenvalue weighted by Crippen LogP contribution is 2.30. The molecule has 0 saturated heterocycles. The Morgan fingerprint density at radius 1 is 1.35 bits per heavy atom. The largest absolute Gasteiger partial charge is 0.416 e. The van der Waals surface area contributed by atoms with Gasteiger partial charge in [0, 0.05) is 19.6 Å². The van der Waals surface area contributed by atoms with Crippen LogP contribution in [0.4, 0.5) is 13.2 Å².